The Labute approximate surface area is 243 Å². The minimum Gasteiger partial charge on any atom is -0.388 e. The third-order valence-corrected chi connectivity index (χ3v) is 11.5. The Kier molecular flexibility index (Phi) is 7.59. The number of imidazole rings is 1. The van der Waals surface area contributed by atoms with E-state index in [4.69, 9.17) is 26.1 Å². The number of nitrogens with zero attached hydrogens (tertiary/aromatic N) is 4. The zero-order chi connectivity index (χ0) is 29.8. The molecule has 1 saturated heterocycles. The molecule has 2 unspecified atom stereocenters. The van der Waals surface area contributed by atoms with Gasteiger partial charge in [0.1, 0.15) is 18.1 Å². The maximum atomic E-state index is 12.2. The van der Waals surface area contributed by atoms with Crippen LogP contribution in [0.1, 0.15) is 12.6 Å². The number of hydrogen-bond donors (Lipinski definition) is 6. The summed E-state index contributed by atoms with van der Waals surface area (Å²) >= 11 is 6.25. The van der Waals surface area contributed by atoms with Crippen LogP contribution in [0, 0.1) is 0 Å². The molecule has 5 atom stereocenters. The molecule has 16 heteroatoms. The quantitative estimate of drug-likeness (QED) is 0.0818. The van der Waals surface area contributed by atoms with Crippen LogP contribution in [0.2, 0.25) is 5.28 Å². The molecule has 0 bridgehead atoms. The molecule has 1 fully saturated rings. The summed E-state index contributed by atoms with van der Waals surface area (Å²) in [4.78, 5) is 41.0. The molecule has 0 radical (unpaired) electrons. The van der Waals surface area contributed by atoms with Gasteiger partial charge in [-0.25, -0.2) is 4.98 Å². The highest BCUT2D eigenvalue weighted by Gasteiger charge is 2.45. The number of benzene rings is 3. The van der Waals surface area contributed by atoms with Crippen LogP contribution < -0.4 is 5.32 Å². The number of ether oxygens (including phenoxy) is 1. The van der Waals surface area contributed by atoms with E-state index in [0.717, 1.165) is 27.2 Å². The fourth-order valence-corrected chi connectivity index (χ4v) is 8.89. The molecule has 3 heterocycles. The number of nitrogens with one attached hydrogen (secondary N) is 1. The van der Waals surface area contributed by atoms with Gasteiger partial charge in [-0.1, -0.05) is 30.3 Å². The molecule has 220 valence electrons. The lowest BCUT2D eigenvalue weighted by atomic mass is 10.0. The van der Waals surface area contributed by atoms with Crippen molar-refractivity contribution < 1.29 is 38.8 Å². The molecule has 42 heavy (non-hydrogen) atoms. The summed E-state index contributed by atoms with van der Waals surface area (Å²) in [5, 5.41) is 28.8. The first-order valence-electron chi connectivity index (χ1n) is 12.8. The molecule has 3 aromatic carbocycles. The summed E-state index contributed by atoms with van der Waals surface area (Å²) in [6.07, 6.45) is -4.59. The number of aromatic nitrogens is 4. The average Bonchev–Trinajstić information content (AvgIpc) is 3.45. The average molecular weight is 634 g/mol. The normalized spacial score (nSPS) is 22.6. The molecule has 1 aliphatic rings. The number of halogens is 1. The van der Waals surface area contributed by atoms with E-state index in [-0.39, 0.29) is 17.4 Å². The Balaban J connectivity index is 1.26. The van der Waals surface area contributed by atoms with E-state index in [1.807, 2.05) is 36.4 Å². The highest BCUT2D eigenvalue weighted by atomic mass is 35.5. The van der Waals surface area contributed by atoms with Gasteiger partial charge in [-0.3, -0.25) is 13.7 Å². The Morgan fingerprint density at radius 3 is 2.33 bits per heavy atom. The summed E-state index contributed by atoms with van der Waals surface area (Å²) in [6, 6.07) is 18.1. The number of hydrogen-bond acceptors (Lipinski definition) is 9. The van der Waals surface area contributed by atoms with Crippen molar-refractivity contribution in [2.75, 3.05) is 17.4 Å². The van der Waals surface area contributed by atoms with Crippen molar-refractivity contribution in [1.29, 1.82) is 0 Å². The number of anilines is 2. The highest BCUT2D eigenvalue weighted by Crippen LogP contribution is 2.55. The van der Waals surface area contributed by atoms with Crippen LogP contribution >= 0.6 is 26.6 Å². The lowest BCUT2D eigenvalue weighted by Crippen LogP contribution is -2.32. The van der Waals surface area contributed by atoms with Gasteiger partial charge in [-0.05, 0) is 63.8 Å². The molecule has 2 aromatic heterocycles. The van der Waals surface area contributed by atoms with Crippen LogP contribution in [0.15, 0.2) is 60.9 Å². The summed E-state index contributed by atoms with van der Waals surface area (Å²) in [7, 11) is -8.93. The minimum absolute atomic E-state index is 0.109. The lowest BCUT2D eigenvalue weighted by molar-refractivity contribution is -0.0354. The first-order chi connectivity index (χ1) is 19.9. The molecule has 1 aliphatic heterocycles. The van der Waals surface area contributed by atoms with Crippen molar-refractivity contribution >= 4 is 70.8 Å². The van der Waals surface area contributed by atoms with Gasteiger partial charge in [0.15, 0.2) is 23.2 Å². The molecule has 0 aliphatic carbocycles. The maximum absolute atomic E-state index is 12.2. The summed E-state index contributed by atoms with van der Waals surface area (Å²) < 4.78 is 30.6. The van der Waals surface area contributed by atoms with E-state index in [2.05, 4.69) is 38.5 Å². The lowest BCUT2D eigenvalue weighted by Gasteiger charge is -2.18. The number of aliphatic hydroxyl groups is 2. The van der Waals surface area contributed by atoms with Crippen molar-refractivity contribution in [2.24, 2.45) is 0 Å². The van der Waals surface area contributed by atoms with Gasteiger partial charge in [-0.2, -0.15) is 9.97 Å². The summed E-state index contributed by atoms with van der Waals surface area (Å²) in [5.74, 6) is -0.882. The van der Waals surface area contributed by atoms with Crippen molar-refractivity contribution in [3.8, 4) is 0 Å². The Hall–Kier alpha value is -2.96. The van der Waals surface area contributed by atoms with Crippen LogP contribution in [0.4, 0.5) is 11.5 Å². The fraction of sp³-hybridized carbons (Fsp3) is 0.269. The van der Waals surface area contributed by atoms with E-state index in [1.54, 1.807) is 0 Å². The Bertz CT molecular complexity index is 1920. The number of aliphatic hydroxyl groups excluding tert-OH is 2. The van der Waals surface area contributed by atoms with E-state index in [1.165, 1.54) is 10.9 Å². The number of fused-ring (bicyclic) bond motifs is 3. The molecular weight excluding hydrogens is 608 g/mol. The van der Waals surface area contributed by atoms with Crippen LogP contribution in [-0.2, 0) is 13.9 Å². The van der Waals surface area contributed by atoms with Crippen molar-refractivity contribution in [3.05, 3.63) is 66.2 Å². The fourth-order valence-electron chi connectivity index (χ4n) is 5.20. The third kappa shape index (κ3) is 5.93. The minimum atomic E-state index is -4.72. The maximum Gasteiger partial charge on any atom is 0.335 e. The summed E-state index contributed by atoms with van der Waals surface area (Å²) in [6.45, 7) is 0. The predicted molar refractivity (Wildman–Crippen MR) is 157 cm³/mol. The SMILES string of the molecule is O=P(O)(O)CP(=O)(O)CC[C@H]1O[C@@H](n2cnc3c(Nc4ccc5cc6ccccc6cc5c4)nc(Cl)nc32)C(O)[C@H]1O. The van der Waals surface area contributed by atoms with Gasteiger partial charge in [0.05, 0.1) is 12.4 Å². The Morgan fingerprint density at radius 2 is 1.62 bits per heavy atom. The molecule has 6 N–H and O–H groups in total. The van der Waals surface area contributed by atoms with E-state index in [0.29, 0.717) is 11.3 Å². The van der Waals surface area contributed by atoms with Crippen LogP contribution in [0.3, 0.4) is 0 Å². The second-order valence-corrected chi connectivity index (χ2v) is 15.2. The predicted octanol–water partition coefficient (Wildman–Crippen LogP) is 3.94. The van der Waals surface area contributed by atoms with Gasteiger partial charge in [0, 0.05) is 11.8 Å². The van der Waals surface area contributed by atoms with Crippen LogP contribution in [0.5, 0.6) is 0 Å². The van der Waals surface area contributed by atoms with Crippen LogP contribution in [-0.4, -0.2) is 74.8 Å². The largest absolute Gasteiger partial charge is 0.388 e. The molecular formula is C26H26ClN5O8P2. The van der Waals surface area contributed by atoms with E-state index in [9.17, 15) is 24.2 Å². The van der Waals surface area contributed by atoms with Crippen LogP contribution in [0.25, 0.3) is 32.7 Å². The number of rotatable bonds is 8. The first kappa shape index (κ1) is 29.1. The van der Waals surface area contributed by atoms with Crippen molar-refractivity contribution in [2.45, 2.75) is 31.0 Å². The molecule has 6 rings (SSSR count). The van der Waals surface area contributed by atoms with Crippen molar-refractivity contribution in [1.82, 2.24) is 19.5 Å². The monoisotopic (exact) mass is 633 g/mol. The molecule has 13 nitrogen and oxygen atoms in total. The smallest absolute Gasteiger partial charge is 0.335 e. The Morgan fingerprint density at radius 1 is 0.929 bits per heavy atom. The zero-order valence-corrected chi connectivity index (χ0v) is 24.3. The molecule has 0 saturated carbocycles. The van der Waals surface area contributed by atoms with E-state index >= 15 is 0 Å². The van der Waals surface area contributed by atoms with Gasteiger partial charge in [-0.15, -0.1) is 0 Å². The second kappa shape index (κ2) is 10.9. The highest BCUT2D eigenvalue weighted by molar-refractivity contribution is 7.72. The topological polar surface area (TPSA) is 200 Å². The van der Waals surface area contributed by atoms with Gasteiger partial charge >= 0.3 is 7.60 Å². The van der Waals surface area contributed by atoms with Crippen molar-refractivity contribution in [3.63, 3.8) is 0 Å². The van der Waals surface area contributed by atoms with Gasteiger partial charge < -0.3 is 34.9 Å². The molecule has 5 aromatic rings. The molecule has 0 amide bonds. The zero-order valence-electron chi connectivity index (χ0n) is 21.7. The summed E-state index contributed by atoms with van der Waals surface area (Å²) in [5.41, 5.74) is 1.24. The second-order valence-electron chi connectivity index (χ2n) is 10.3. The molecule has 0 spiro atoms. The first-order valence-corrected chi connectivity index (χ1v) is 17.0. The van der Waals surface area contributed by atoms with E-state index < -0.39 is 51.6 Å². The van der Waals surface area contributed by atoms with Gasteiger partial charge in [0.25, 0.3) is 0 Å². The third-order valence-electron chi connectivity index (χ3n) is 7.14. The standard InChI is InChI=1S/C26H26ClN5O8P2/c27-26-30-23(29-18-6-5-16-9-14-3-1-2-4-15(14)10-17(16)11-18)20-24(31-26)32(12-28-20)25-22(34)21(33)19(40-25)7-8-41(35,36)13-42(37,38)39/h1-6,9-12,19,21-22,25,33-34H,7-8,13H2,(H,35,36)(H,29,30,31)(H2,37,38,39)/t19-,21+,22?,25-/m1/s1. The van der Waals surface area contributed by atoms with Gasteiger partial charge in [0.2, 0.25) is 12.7 Å².